The van der Waals surface area contributed by atoms with Gasteiger partial charge in [-0.15, -0.1) is 0 Å². The normalized spacial score (nSPS) is 27.3. The van der Waals surface area contributed by atoms with Crippen LogP contribution < -0.4 is 62.2 Å². The third kappa shape index (κ3) is 20.8. The molecule has 13 aromatic rings. The van der Waals surface area contributed by atoms with Crippen LogP contribution in [0.4, 0.5) is 29.6 Å². The number of nitrogens with zero attached hydrogens (tertiary/aromatic N) is 17. The number of aliphatic hydroxyl groups is 1. The van der Waals surface area contributed by atoms with Gasteiger partial charge in [0.15, 0.2) is 56.1 Å². The van der Waals surface area contributed by atoms with E-state index in [0.29, 0.717) is 0 Å². The number of phosphoric acid groups is 5. The van der Waals surface area contributed by atoms with Crippen LogP contribution in [0.3, 0.4) is 0 Å². The lowest BCUT2D eigenvalue weighted by Gasteiger charge is -2.26. The molecule has 19 rings (SSSR count). The Morgan fingerprint density at radius 2 is 0.676 bits per heavy atom. The van der Waals surface area contributed by atoms with Crippen LogP contribution in [0.25, 0.3) is 66.9 Å². The van der Waals surface area contributed by atoms with E-state index in [1.165, 1.54) is 39.5 Å². The zero-order chi connectivity index (χ0) is 97.6. The van der Waals surface area contributed by atoms with Gasteiger partial charge >= 0.3 is 44.8 Å². The largest absolute Gasteiger partial charge is 0.472 e. The summed E-state index contributed by atoms with van der Waals surface area (Å²) in [6, 6.07) is 17.0. The number of hydrogen-bond donors (Lipinski definition) is 16. The molecule has 0 radical (unpaired) electrons. The Morgan fingerprint density at radius 1 is 0.367 bits per heavy atom. The number of aromatic nitrogens is 22. The minimum atomic E-state index is -5.69. The molecule has 6 unspecified atom stereocenters. The molecule has 6 aliphatic heterocycles. The fourth-order valence-corrected chi connectivity index (χ4v) is 21.6. The van der Waals surface area contributed by atoms with Crippen molar-refractivity contribution in [2.75, 3.05) is 68.3 Å². The molecule has 6 saturated heterocycles. The lowest BCUT2D eigenvalue weighted by Crippen LogP contribution is -2.33. The molecule has 0 aliphatic carbocycles. The van der Waals surface area contributed by atoms with Crippen molar-refractivity contribution in [3.63, 3.8) is 0 Å². The van der Waals surface area contributed by atoms with Crippen LogP contribution >= 0.6 is 39.1 Å². The fourth-order valence-electron chi connectivity index (χ4n) is 16.8. The SMILES string of the molecule is Cc1cn([C@H]2C[C@H](OP(=O)(O)OC[C@H]3O[C@@H](n4cnc5c(=O)[nH]c(N)nc54)C[C@@H]3OP(=O)(O)OC[C@H]3O[C@@H](n4cnc5c(=O)[nH]c(N)nc54)C[C@@H]3OP(=O)(O)OC[C@H]3O[C@@H](n4cnc5c(=O)[nH]c(N)nc54)C[C@@H]3OP(=O)(O)OC[C@H]3OC(n4cnc5c(N)ncnc54)C[C@@H]3OP(=O)(O)OC[C@H]3O[C@@H](n4cnc5c(=O)[nH]c(N)nc54)C[C@@H]3O)[C@@H](COCc3ccc(-c4ccccc4)cc3)O2)c(=O)[nH]c1=O. The summed E-state index contributed by atoms with van der Waals surface area (Å²) in [5, 5.41) is 11.1. The smallest absolute Gasteiger partial charge is 0.390 e. The maximum Gasteiger partial charge on any atom is 0.472 e. The fraction of sp³-hybridized carbons (Fsp3) is 0.438. The van der Waals surface area contributed by atoms with Crippen molar-refractivity contribution in [3.8, 4) is 11.1 Å². The van der Waals surface area contributed by atoms with Crippen molar-refractivity contribution in [1.29, 1.82) is 0 Å². The zero-order valence-electron chi connectivity index (χ0n) is 71.7. The number of nitrogen functional groups attached to an aromatic ring is 5. The van der Waals surface area contributed by atoms with Gasteiger partial charge in [0.2, 0.25) is 23.8 Å². The van der Waals surface area contributed by atoms with Gasteiger partial charge in [-0.3, -0.25) is 122 Å². The molecule has 0 spiro atoms. The Hall–Kier alpha value is -11.7. The number of aryl methyl sites for hydroxylation is 1. The van der Waals surface area contributed by atoms with Gasteiger partial charge < -0.3 is 91.4 Å². The molecular weight excluding hydrogens is 1950 g/mol. The summed E-state index contributed by atoms with van der Waals surface area (Å²) in [7, 11) is -27.7. The van der Waals surface area contributed by atoms with E-state index in [-0.39, 0.29) is 112 Å². The first-order valence-corrected chi connectivity index (χ1v) is 49.5. The van der Waals surface area contributed by atoms with E-state index in [1.54, 1.807) is 0 Å². The summed E-state index contributed by atoms with van der Waals surface area (Å²) < 4.78 is 180. The van der Waals surface area contributed by atoms with E-state index < -0.39 is 247 Å². The van der Waals surface area contributed by atoms with E-state index in [0.717, 1.165) is 55.7 Å². The highest BCUT2D eigenvalue weighted by Gasteiger charge is 2.52. The van der Waals surface area contributed by atoms with Gasteiger partial charge in [0.1, 0.15) is 116 Å². The second-order valence-corrected chi connectivity index (χ2v) is 39.6. The second-order valence-electron chi connectivity index (χ2n) is 32.5. The van der Waals surface area contributed by atoms with Crippen LogP contribution in [0.5, 0.6) is 0 Å². The number of rotatable bonds is 36. The Bertz CT molecular complexity index is 7490. The highest BCUT2D eigenvalue weighted by Crippen LogP contribution is 2.57. The quantitative estimate of drug-likeness (QED) is 0.0239. The van der Waals surface area contributed by atoms with Crippen molar-refractivity contribution in [2.24, 2.45) is 0 Å². The Kier molecular flexibility index (Phi) is 26.6. The number of H-pyrrole nitrogens is 5. The third-order valence-corrected chi connectivity index (χ3v) is 28.3. The first kappa shape index (κ1) is 96.2. The van der Waals surface area contributed by atoms with E-state index in [2.05, 4.69) is 79.7 Å². The third-order valence-electron chi connectivity index (χ3n) is 23.3. The molecule has 0 bridgehead atoms. The first-order chi connectivity index (χ1) is 66.3. The van der Waals surface area contributed by atoms with Crippen LogP contribution in [0, 0.1) is 6.92 Å². The standard InChI is InChI=1S/C73H84N27O34P5/c1-31-17-95(73(107)94-64(31)102)48-12-36(42(125-48)19-118-18-32-7-9-34(10-8-32)33-5-3-2-4-6-33)130-136(110,111)120-22-44-38(14-50(127-44)98-28-83-55-61(98)87-70(76)91-66(55)104)133-138(114,115)122-24-46-40(16-52(129-46)100-30-85-57-63(100)89-72(78)93-68(57)106)134-139(116,117)123-23-45-39(15-51(128-45)99-29-84-56-62(99)88-71(77)92-67(56)105)132-137(112,113)121-21-43-37(13-49(126-43)96-26-81-53-58(74)79-25-80-59(53)96)131-135(108,109)119-20-41-35(101)11-47(124-41)97-27-82-54-60(97)86-69(75)90-65(54)103/h2-10,17,25-30,35-52,101H,11-16,18-24H2,1H3,(H,108,109)(H,110,111)(H,112,113)(H,114,115)(H,116,117)(H2,74,79,80)(H,94,102,107)(H3,75,86,90,103)(H3,76,87,91,104)(H3,77,88,92,105)(H3,78,89,93,106)/t35-,36-,37-,38-,39-,40-,41+,42+,43+,44+,45+,46+,47+,48+,49?,50+,51+,52+/m0/s1. The molecule has 23 atom stereocenters. The van der Waals surface area contributed by atoms with Crippen LogP contribution in [0.15, 0.2) is 128 Å². The van der Waals surface area contributed by atoms with Crippen molar-refractivity contribution in [2.45, 2.75) is 163 Å². The number of aromatic amines is 5. The number of ether oxygens (including phenoxy) is 7. The highest BCUT2D eigenvalue weighted by atomic mass is 31.2. The molecule has 139 heavy (non-hydrogen) atoms. The summed E-state index contributed by atoms with van der Waals surface area (Å²) in [5.41, 5.74) is 26.5. The number of hydrogen-bond acceptors (Lipinski definition) is 45. The zero-order valence-corrected chi connectivity index (χ0v) is 76.1. The first-order valence-electron chi connectivity index (χ1n) is 42.0. The Labute approximate surface area is 773 Å². The molecule has 0 amide bonds. The molecular formula is C73H84N27O34P5. The van der Waals surface area contributed by atoms with Gasteiger partial charge in [-0.2, -0.15) is 19.9 Å². The van der Waals surface area contributed by atoms with Gasteiger partial charge in [0.05, 0.1) is 84.0 Å². The number of benzene rings is 2. The molecule has 17 heterocycles. The number of phosphoric ester groups is 5. The number of aliphatic hydroxyl groups excluding tert-OH is 1. The summed E-state index contributed by atoms with van der Waals surface area (Å²) in [4.78, 5) is 193. The average Bonchev–Trinajstić information content (AvgIpc) is 1.63. The summed E-state index contributed by atoms with van der Waals surface area (Å²) in [6.07, 6.45) is -21.3. The lowest BCUT2D eigenvalue weighted by molar-refractivity contribution is -0.0711. The van der Waals surface area contributed by atoms with Crippen LogP contribution in [-0.4, -0.2) is 250 Å². The van der Waals surface area contributed by atoms with Gasteiger partial charge in [0.25, 0.3) is 27.8 Å². The van der Waals surface area contributed by atoms with Crippen molar-refractivity contribution in [3.05, 3.63) is 172 Å². The highest BCUT2D eigenvalue weighted by molar-refractivity contribution is 7.48. The maximum atomic E-state index is 14.8. The van der Waals surface area contributed by atoms with Crippen molar-refractivity contribution in [1.82, 2.24) is 107 Å². The van der Waals surface area contributed by atoms with Gasteiger partial charge in [-0.05, 0) is 23.6 Å². The van der Waals surface area contributed by atoms with E-state index >= 15 is 0 Å². The van der Waals surface area contributed by atoms with Crippen LogP contribution in [-0.2, 0) is 108 Å². The molecule has 61 nitrogen and oxygen atoms in total. The lowest BCUT2D eigenvalue weighted by atomic mass is 10.0. The Balaban J connectivity index is 0.548. The minimum Gasteiger partial charge on any atom is -0.390 e. The van der Waals surface area contributed by atoms with Crippen molar-refractivity contribution < 1.29 is 131 Å². The Morgan fingerprint density at radius 3 is 1.04 bits per heavy atom. The minimum absolute atomic E-state index is 0.00243. The van der Waals surface area contributed by atoms with Gasteiger partial charge in [-0.1, -0.05) is 54.6 Å². The molecule has 6 aliphatic rings. The summed E-state index contributed by atoms with van der Waals surface area (Å²) in [6.45, 7) is -3.96. The molecule has 0 saturated carbocycles. The number of anilines is 5. The summed E-state index contributed by atoms with van der Waals surface area (Å²) in [5.74, 6) is -1.46. The average molecular weight is 2040 g/mol. The second kappa shape index (κ2) is 38.4. The van der Waals surface area contributed by atoms with E-state index in [9.17, 15) is 81.2 Å². The van der Waals surface area contributed by atoms with Gasteiger partial charge in [-0.25, -0.2) is 62.5 Å². The molecule has 66 heteroatoms. The monoisotopic (exact) mass is 2040 g/mol. The molecule has 21 N–H and O–H groups in total. The van der Waals surface area contributed by atoms with Crippen LogP contribution in [0.1, 0.15) is 87.0 Å². The number of nitrogens with one attached hydrogen (secondary N) is 5. The molecule has 740 valence electrons. The summed E-state index contributed by atoms with van der Waals surface area (Å²) >= 11 is 0. The molecule has 6 fully saturated rings. The molecule has 2 aromatic carbocycles. The maximum absolute atomic E-state index is 14.8. The van der Waals surface area contributed by atoms with E-state index in [4.69, 9.17) is 107 Å². The number of imidazole rings is 5. The van der Waals surface area contributed by atoms with Gasteiger partial charge in [0, 0.05) is 50.3 Å². The van der Waals surface area contributed by atoms with E-state index in [1.807, 2.05) is 54.6 Å². The predicted octanol–water partition coefficient (Wildman–Crippen LogP) is 0.609. The topological polar surface area (TPSA) is 846 Å². The van der Waals surface area contributed by atoms with Crippen molar-refractivity contribution >= 4 is 125 Å². The number of nitrogens with two attached hydrogens (primary N) is 5. The number of fused-ring (bicyclic) bond motifs is 5. The molecule has 11 aromatic heterocycles. The predicted molar refractivity (Wildman–Crippen MR) is 468 cm³/mol. The van der Waals surface area contributed by atoms with Crippen LogP contribution in [0.2, 0.25) is 0 Å².